The molecular weight excluding hydrogens is 624 g/mol. The van der Waals surface area contributed by atoms with Gasteiger partial charge in [-0.2, -0.15) is 26.3 Å². The van der Waals surface area contributed by atoms with Crippen molar-refractivity contribution in [1.82, 2.24) is 9.80 Å². The molecule has 232 valence electrons. The van der Waals surface area contributed by atoms with Crippen molar-refractivity contribution >= 4 is 46.4 Å². The lowest BCUT2D eigenvalue weighted by Crippen LogP contribution is -2.40. The Morgan fingerprint density at radius 3 is 2.31 bits per heavy atom. The summed E-state index contributed by atoms with van der Waals surface area (Å²) in [5, 5.41) is 9.07. The van der Waals surface area contributed by atoms with Gasteiger partial charge in [0.25, 0.3) is 0 Å². The number of aliphatic hydroxyl groups excluding tert-OH is 1. The lowest BCUT2D eigenvalue weighted by molar-refractivity contribution is -0.143. The number of ether oxygens (including phenoxy) is 1. The molecule has 1 heterocycles. The zero-order valence-corrected chi connectivity index (χ0v) is 23.9. The summed E-state index contributed by atoms with van der Waals surface area (Å²) < 4.78 is 117. The Morgan fingerprint density at radius 2 is 1.76 bits per heavy atom. The van der Waals surface area contributed by atoms with E-state index >= 15 is 0 Å². The molecule has 0 radical (unpaired) electrons. The summed E-state index contributed by atoms with van der Waals surface area (Å²) >= 11 is 10.9. The third-order valence-corrected chi connectivity index (χ3v) is 6.95. The molecule has 1 aliphatic rings. The number of halogens is 9. The molecule has 3 rings (SSSR count). The fourth-order valence-electron chi connectivity index (χ4n) is 4.27. The van der Waals surface area contributed by atoms with Crippen LogP contribution in [0.15, 0.2) is 24.3 Å². The van der Waals surface area contributed by atoms with Crippen LogP contribution >= 0.6 is 23.8 Å². The highest BCUT2D eigenvalue weighted by atomic mass is 35.5. The van der Waals surface area contributed by atoms with Crippen LogP contribution in [0.2, 0.25) is 5.02 Å². The molecule has 7 nitrogen and oxygen atoms in total. The van der Waals surface area contributed by atoms with E-state index in [9.17, 15) is 45.0 Å². The van der Waals surface area contributed by atoms with Crippen molar-refractivity contribution < 1.29 is 49.8 Å². The highest BCUT2D eigenvalue weighted by Crippen LogP contribution is 2.47. The van der Waals surface area contributed by atoms with Crippen LogP contribution in [0.3, 0.4) is 0 Å². The molecule has 1 saturated heterocycles. The molecule has 1 fully saturated rings. The summed E-state index contributed by atoms with van der Waals surface area (Å²) in [5.41, 5.74) is -5.10. The van der Waals surface area contributed by atoms with Gasteiger partial charge in [0.2, 0.25) is 0 Å². The second-order valence-corrected chi connectivity index (χ2v) is 10.2. The number of anilines is 2. The molecule has 0 spiro atoms. The van der Waals surface area contributed by atoms with Gasteiger partial charge in [-0.05, 0) is 57.5 Å². The molecule has 1 unspecified atom stereocenters. The molecule has 2 aromatic carbocycles. The SMILES string of the molecule is CCN(C(=O)Oc1c(N2CCN(CC(O)CN(C)C)C2=S)cc(C(F)(F)F)cc1C(F)(F)F)c1ccc(F)c(Cl)c1F. The molecular formula is C25H25ClF8N4O3S. The van der Waals surface area contributed by atoms with E-state index in [-0.39, 0.29) is 37.4 Å². The molecule has 0 bridgehead atoms. The van der Waals surface area contributed by atoms with Gasteiger partial charge >= 0.3 is 18.4 Å². The first-order chi connectivity index (χ1) is 19.4. The number of amides is 1. The average molecular weight is 649 g/mol. The predicted molar refractivity (Wildman–Crippen MR) is 143 cm³/mol. The van der Waals surface area contributed by atoms with Crippen LogP contribution < -0.4 is 14.5 Å². The smallest absolute Gasteiger partial charge is 0.407 e. The third kappa shape index (κ3) is 7.33. The molecule has 0 aliphatic carbocycles. The lowest BCUT2D eigenvalue weighted by Gasteiger charge is -2.29. The topological polar surface area (TPSA) is 59.5 Å². The number of benzene rings is 2. The summed E-state index contributed by atoms with van der Waals surface area (Å²) in [5.74, 6) is -3.90. The van der Waals surface area contributed by atoms with E-state index in [0.717, 1.165) is 11.0 Å². The summed E-state index contributed by atoms with van der Waals surface area (Å²) in [7, 11) is 3.37. The molecule has 42 heavy (non-hydrogen) atoms. The predicted octanol–water partition coefficient (Wildman–Crippen LogP) is 6.01. The number of carbonyl (C=O) groups excluding carboxylic acids is 1. The Kier molecular flexibility index (Phi) is 10.2. The number of hydrogen-bond donors (Lipinski definition) is 1. The first-order valence-electron chi connectivity index (χ1n) is 12.2. The van der Waals surface area contributed by atoms with Crippen LogP contribution in [0.1, 0.15) is 18.1 Å². The van der Waals surface area contributed by atoms with E-state index in [4.69, 9.17) is 28.6 Å². The normalized spacial score (nSPS) is 15.0. The fourth-order valence-corrected chi connectivity index (χ4v) is 4.78. The van der Waals surface area contributed by atoms with Crippen LogP contribution in [0.4, 0.5) is 51.3 Å². The van der Waals surface area contributed by atoms with E-state index in [1.165, 1.54) is 11.8 Å². The zero-order chi connectivity index (χ0) is 31.7. The molecule has 0 aromatic heterocycles. The Labute approximate surface area is 245 Å². The number of likely N-dealkylation sites (N-methyl/N-ethyl adjacent to an activating group) is 1. The van der Waals surface area contributed by atoms with Crippen molar-refractivity contribution in [2.24, 2.45) is 0 Å². The first-order valence-corrected chi connectivity index (χ1v) is 13.0. The maximum atomic E-state index is 14.7. The second-order valence-electron chi connectivity index (χ2n) is 9.47. The van der Waals surface area contributed by atoms with Gasteiger partial charge in [0.1, 0.15) is 16.4 Å². The zero-order valence-electron chi connectivity index (χ0n) is 22.3. The number of alkyl halides is 6. The number of β-amino-alcohol motifs (C(OH)–C–C–N with tert-alkyl or cyclic N) is 1. The monoisotopic (exact) mass is 648 g/mol. The van der Waals surface area contributed by atoms with Gasteiger partial charge in [-0.1, -0.05) is 11.6 Å². The van der Waals surface area contributed by atoms with Gasteiger partial charge in [-0.3, -0.25) is 4.90 Å². The van der Waals surface area contributed by atoms with Gasteiger partial charge in [0.15, 0.2) is 16.7 Å². The Hall–Kier alpha value is -2.95. The van der Waals surface area contributed by atoms with Gasteiger partial charge in [-0.15, -0.1) is 0 Å². The number of thiocarbonyl (C=S) groups is 1. The lowest BCUT2D eigenvalue weighted by atomic mass is 10.1. The highest BCUT2D eigenvalue weighted by Gasteiger charge is 2.43. The van der Waals surface area contributed by atoms with E-state index in [2.05, 4.69) is 0 Å². The first kappa shape index (κ1) is 33.6. The summed E-state index contributed by atoms with van der Waals surface area (Å²) in [6.45, 7) is 0.811. The van der Waals surface area contributed by atoms with E-state index < -0.39 is 76.0 Å². The maximum absolute atomic E-state index is 14.7. The van der Waals surface area contributed by atoms with Crippen LogP contribution in [-0.4, -0.2) is 79.0 Å². The third-order valence-electron chi connectivity index (χ3n) is 6.13. The summed E-state index contributed by atoms with van der Waals surface area (Å²) in [6.07, 6.45) is -13.3. The standard InChI is InChI=1S/C25H25ClF8N4O3S/c1-4-37(17-6-5-16(27)19(26)20(17)28)23(40)41-21-15(25(32,33)34)9-13(24(29,30)31)10-18(21)38-8-7-36(22(38)42)12-14(39)11-35(2)3/h5-6,9-10,14,39H,4,7-8,11-12H2,1-3H3. The average Bonchev–Trinajstić information content (AvgIpc) is 3.22. The minimum atomic E-state index is -5.45. The fraction of sp³-hybridized carbons (Fsp3) is 0.440. The number of carbonyl (C=O) groups is 1. The van der Waals surface area contributed by atoms with Crippen LogP contribution in [0.5, 0.6) is 5.75 Å². The Balaban J connectivity index is 2.13. The quantitative estimate of drug-likeness (QED) is 0.214. The van der Waals surface area contributed by atoms with Crippen LogP contribution in [0.25, 0.3) is 0 Å². The van der Waals surface area contributed by atoms with Crippen molar-refractivity contribution in [3.05, 3.63) is 52.0 Å². The van der Waals surface area contributed by atoms with Gasteiger partial charge in [0.05, 0.1) is 23.0 Å². The molecule has 0 saturated carbocycles. The van der Waals surface area contributed by atoms with Crippen molar-refractivity contribution in [2.45, 2.75) is 25.4 Å². The van der Waals surface area contributed by atoms with Crippen molar-refractivity contribution in [3.8, 4) is 5.75 Å². The Morgan fingerprint density at radius 1 is 1.12 bits per heavy atom. The van der Waals surface area contributed by atoms with E-state index in [0.29, 0.717) is 17.0 Å². The van der Waals surface area contributed by atoms with Crippen molar-refractivity contribution in [3.63, 3.8) is 0 Å². The number of rotatable bonds is 8. The largest absolute Gasteiger partial charge is 0.420 e. The number of aliphatic hydroxyl groups is 1. The molecule has 1 N–H and O–H groups in total. The Bertz CT molecular complexity index is 1340. The minimum Gasteiger partial charge on any atom is -0.407 e. The molecule has 1 aliphatic heterocycles. The second kappa shape index (κ2) is 12.7. The van der Waals surface area contributed by atoms with Gasteiger partial charge in [0, 0.05) is 32.7 Å². The molecule has 1 atom stereocenters. The summed E-state index contributed by atoms with van der Waals surface area (Å²) in [6, 6.07) is 1.65. The van der Waals surface area contributed by atoms with E-state index in [1.54, 1.807) is 19.0 Å². The van der Waals surface area contributed by atoms with Gasteiger partial charge < -0.3 is 24.5 Å². The van der Waals surface area contributed by atoms with Crippen molar-refractivity contribution in [1.29, 1.82) is 0 Å². The van der Waals surface area contributed by atoms with Crippen LogP contribution in [-0.2, 0) is 12.4 Å². The number of nitrogens with zero attached hydrogens (tertiary/aromatic N) is 4. The minimum absolute atomic E-state index is 0.0225. The van der Waals surface area contributed by atoms with Crippen molar-refractivity contribution in [2.75, 3.05) is 56.6 Å². The molecule has 2 aromatic rings. The maximum Gasteiger partial charge on any atom is 0.420 e. The van der Waals surface area contributed by atoms with Gasteiger partial charge in [-0.25, -0.2) is 13.6 Å². The molecule has 1 amide bonds. The van der Waals surface area contributed by atoms with Crippen LogP contribution in [0, 0.1) is 11.6 Å². The number of hydrogen-bond acceptors (Lipinski definition) is 5. The molecule has 17 heteroatoms. The highest BCUT2D eigenvalue weighted by molar-refractivity contribution is 7.80. The van der Waals surface area contributed by atoms with E-state index in [1.807, 2.05) is 0 Å². The summed E-state index contributed by atoms with van der Waals surface area (Å²) in [4.78, 5) is 17.6.